The highest BCUT2D eigenvalue weighted by Gasteiger charge is 2.26. The number of halogens is 2. The Hall–Kier alpha value is -1.98. The standard InChI is InChI=1S/C12H11F2N5O2S2/c1-18(7-10-15-5-6-19(10)12(13)14)23(20,21)9-4-2-3-8-11(9)17-22-16-8/h2-6,12H,7H2,1H3. The van der Waals surface area contributed by atoms with Crippen molar-refractivity contribution in [1.82, 2.24) is 22.6 Å². The fourth-order valence-corrected chi connectivity index (χ4v) is 3.96. The molecule has 23 heavy (non-hydrogen) atoms. The number of fused-ring (bicyclic) bond motifs is 1. The molecule has 0 amide bonds. The first-order valence-corrected chi connectivity index (χ1v) is 8.56. The maximum atomic E-state index is 12.8. The van der Waals surface area contributed by atoms with Gasteiger partial charge in [-0.15, -0.1) is 0 Å². The van der Waals surface area contributed by atoms with Gasteiger partial charge < -0.3 is 0 Å². The molecule has 0 unspecified atom stereocenters. The minimum absolute atomic E-state index is 0.0126. The fraction of sp³-hybridized carbons (Fsp3) is 0.250. The molecular formula is C12H11F2N5O2S2. The predicted octanol–water partition coefficient (Wildman–Crippen LogP) is 2.10. The molecule has 0 N–H and O–H groups in total. The maximum Gasteiger partial charge on any atom is 0.319 e. The van der Waals surface area contributed by atoms with Crippen LogP contribution in [0.1, 0.15) is 12.4 Å². The van der Waals surface area contributed by atoms with E-state index in [9.17, 15) is 17.2 Å². The van der Waals surface area contributed by atoms with Crippen molar-refractivity contribution >= 4 is 32.8 Å². The Morgan fingerprint density at radius 1 is 1.35 bits per heavy atom. The molecule has 0 fully saturated rings. The number of hydrogen-bond donors (Lipinski definition) is 0. The van der Waals surface area contributed by atoms with Gasteiger partial charge in [-0.05, 0) is 12.1 Å². The molecule has 0 saturated carbocycles. The molecule has 2 heterocycles. The zero-order valence-electron chi connectivity index (χ0n) is 11.8. The first kappa shape index (κ1) is 15.9. The van der Waals surface area contributed by atoms with E-state index in [1.165, 1.54) is 19.3 Å². The summed E-state index contributed by atoms with van der Waals surface area (Å²) in [6, 6.07) is 4.63. The van der Waals surface area contributed by atoms with E-state index in [0.717, 1.165) is 22.2 Å². The molecule has 3 rings (SSSR count). The quantitative estimate of drug-likeness (QED) is 0.697. The minimum Gasteiger partial charge on any atom is -0.277 e. The molecule has 1 aromatic carbocycles. The van der Waals surface area contributed by atoms with Crippen LogP contribution in [0.15, 0.2) is 35.5 Å². The average Bonchev–Trinajstić information content (AvgIpc) is 3.14. The highest BCUT2D eigenvalue weighted by atomic mass is 32.2. The molecule has 2 aromatic heterocycles. The third kappa shape index (κ3) is 2.82. The van der Waals surface area contributed by atoms with Gasteiger partial charge in [-0.1, -0.05) is 6.07 Å². The normalized spacial score (nSPS) is 12.6. The van der Waals surface area contributed by atoms with Gasteiger partial charge in [0, 0.05) is 19.4 Å². The Balaban J connectivity index is 1.96. The molecule has 0 saturated heterocycles. The second kappa shape index (κ2) is 5.91. The number of rotatable bonds is 5. The van der Waals surface area contributed by atoms with Gasteiger partial charge in [0.2, 0.25) is 10.0 Å². The largest absolute Gasteiger partial charge is 0.319 e. The first-order chi connectivity index (χ1) is 10.9. The maximum absolute atomic E-state index is 12.8. The van der Waals surface area contributed by atoms with E-state index in [1.54, 1.807) is 12.1 Å². The van der Waals surface area contributed by atoms with E-state index in [2.05, 4.69) is 13.7 Å². The van der Waals surface area contributed by atoms with Gasteiger partial charge in [-0.25, -0.2) is 13.4 Å². The van der Waals surface area contributed by atoms with Crippen molar-refractivity contribution in [3.63, 3.8) is 0 Å². The highest BCUT2D eigenvalue weighted by Crippen LogP contribution is 2.25. The molecule has 0 aliphatic heterocycles. The Kier molecular flexibility index (Phi) is 4.08. The number of nitrogens with zero attached hydrogens (tertiary/aromatic N) is 5. The van der Waals surface area contributed by atoms with E-state index >= 15 is 0 Å². The SMILES string of the molecule is CN(Cc1nccn1C(F)F)S(=O)(=O)c1cccc2nsnc12. The van der Waals surface area contributed by atoms with E-state index < -0.39 is 16.6 Å². The summed E-state index contributed by atoms with van der Waals surface area (Å²) in [6.07, 6.45) is 2.30. The molecule has 0 bridgehead atoms. The van der Waals surface area contributed by atoms with Crippen LogP contribution in [0.2, 0.25) is 0 Å². The molecule has 0 atom stereocenters. The first-order valence-electron chi connectivity index (χ1n) is 6.38. The number of benzene rings is 1. The van der Waals surface area contributed by atoms with E-state index in [4.69, 9.17) is 0 Å². The molecule has 0 spiro atoms. The van der Waals surface area contributed by atoms with Gasteiger partial charge in [0.15, 0.2) is 0 Å². The molecular weight excluding hydrogens is 348 g/mol. The summed E-state index contributed by atoms with van der Waals surface area (Å²) in [5, 5.41) is 0. The third-order valence-electron chi connectivity index (χ3n) is 3.26. The molecule has 7 nitrogen and oxygen atoms in total. The van der Waals surface area contributed by atoms with Crippen molar-refractivity contribution < 1.29 is 17.2 Å². The van der Waals surface area contributed by atoms with Crippen LogP contribution in [0.3, 0.4) is 0 Å². The monoisotopic (exact) mass is 359 g/mol. The lowest BCUT2D eigenvalue weighted by Gasteiger charge is -2.17. The van der Waals surface area contributed by atoms with Crippen molar-refractivity contribution in [2.24, 2.45) is 0 Å². The smallest absolute Gasteiger partial charge is 0.277 e. The number of sulfonamides is 1. The van der Waals surface area contributed by atoms with Crippen LogP contribution in [-0.2, 0) is 16.6 Å². The third-order valence-corrected chi connectivity index (χ3v) is 5.64. The summed E-state index contributed by atoms with van der Waals surface area (Å²) in [5.41, 5.74) is 0.736. The second-order valence-electron chi connectivity index (χ2n) is 4.68. The minimum atomic E-state index is -3.91. The van der Waals surface area contributed by atoms with Gasteiger partial charge in [-0.2, -0.15) is 21.8 Å². The van der Waals surface area contributed by atoms with E-state index in [0.29, 0.717) is 10.1 Å². The van der Waals surface area contributed by atoms with Crippen molar-refractivity contribution in [2.75, 3.05) is 7.05 Å². The topological polar surface area (TPSA) is 81.0 Å². The molecule has 0 aliphatic carbocycles. The lowest BCUT2D eigenvalue weighted by molar-refractivity contribution is 0.0658. The number of imidazole rings is 1. The Labute approximate surface area is 134 Å². The number of aromatic nitrogens is 4. The van der Waals surface area contributed by atoms with Gasteiger partial charge in [0.25, 0.3) is 0 Å². The van der Waals surface area contributed by atoms with Gasteiger partial charge in [0.1, 0.15) is 21.8 Å². The molecule has 0 aliphatic rings. The van der Waals surface area contributed by atoms with Crippen LogP contribution >= 0.6 is 11.7 Å². The van der Waals surface area contributed by atoms with Crippen LogP contribution < -0.4 is 0 Å². The second-order valence-corrected chi connectivity index (χ2v) is 7.22. The zero-order valence-corrected chi connectivity index (χ0v) is 13.4. The summed E-state index contributed by atoms with van der Waals surface area (Å²) in [6.45, 7) is -3.07. The Morgan fingerprint density at radius 2 is 2.13 bits per heavy atom. The van der Waals surface area contributed by atoms with E-state index in [1.807, 2.05) is 0 Å². The molecule has 3 aromatic rings. The number of hydrogen-bond acceptors (Lipinski definition) is 6. The summed E-state index contributed by atoms with van der Waals surface area (Å²) >= 11 is 0.908. The van der Waals surface area contributed by atoms with Crippen LogP contribution in [0.25, 0.3) is 11.0 Å². The number of alkyl halides is 2. The summed E-state index contributed by atoms with van der Waals surface area (Å²) < 4.78 is 60.6. The summed E-state index contributed by atoms with van der Waals surface area (Å²) in [7, 11) is -2.61. The highest BCUT2D eigenvalue weighted by molar-refractivity contribution is 7.89. The molecule has 11 heteroatoms. The summed E-state index contributed by atoms with van der Waals surface area (Å²) in [4.78, 5) is 3.78. The van der Waals surface area contributed by atoms with Crippen molar-refractivity contribution in [1.29, 1.82) is 0 Å². The van der Waals surface area contributed by atoms with Crippen molar-refractivity contribution in [3.05, 3.63) is 36.4 Å². The predicted molar refractivity (Wildman–Crippen MR) is 79.5 cm³/mol. The zero-order chi connectivity index (χ0) is 16.6. The average molecular weight is 359 g/mol. The fourth-order valence-electron chi connectivity index (χ4n) is 2.09. The lowest BCUT2D eigenvalue weighted by Crippen LogP contribution is -2.28. The Bertz CT molecular complexity index is 938. The van der Waals surface area contributed by atoms with Crippen molar-refractivity contribution in [3.8, 4) is 0 Å². The van der Waals surface area contributed by atoms with Crippen LogP contribution in [0.5, 0.6) is 0 Å². The summed E-state index contributed by atoms with van der Waals surface area (Å²) in [5.74, 6) is -0.0466. The lowest BCUT2D eigenvalue weighted by atomic mass is 10.3. The van der Waals surface area contributed by atoms with E-state index in [-0.39, 0.29) is 22.8 Å². The van der Waals surface area contributed by atoms with Crippen LogP contribution in [0, 0.1) is 0 Å². The van der Waals surface area contributed by atoms with Crippen LogP contribution in [0.4, 0.5) is 8.78 Å². The van der Waals surface area contributed by atoms with Crippen molar-refractivity contribution in [2.45, 2.75) is 18.0 Å². The Morgan fingerprint density at radius 3 is 2.87 bits per heavy atom. The van der Waals surface area contributed by atoms with Gasteiger partial charge >= 0.3 is 6.55 Å². The van der Waals surface area contributed by atoms with Gasteiger partial charge in [-0.3, -0.25) is 4.57 Å². The molecule has 0 radical (unpaired) electrons. The van der Waals surface area contributed by atoms with Gasteiger partial charge in [0.05, 0.1) is 18.3 Å². The molecule has 122 valence electrons. The van der Waals surface area contributed by atoms with Crippen LogP contribution in [-0.4, -0.2) is 38.1 Å².